The summed E-state index contributed by atoms with van der Waals surface area (Å²) in [6.45, 7) is 7.90. The molecule has 0 fully saturated rings. The largest absolute Gasteiger partial charge is 0.495 e. The predicted molar refractivity (Wildman–Crippen MR) is 104 cm³/mol. The third-order valence-corrected chi connectivity index (χ3v) is 3.77. The minimum atomic E-state index is -0.334. The molecule has 0 atom stereocenters. The first-order valence-electron chi connectivity index (χ1n) is 8.24. The van der Waals surface area contributed by atoms with E-state index in [4.69, 9.17) is 4.74 Å². The smallest absolute Gasteiger partial charge is 0.142 e. The Morgan fingerprint density at radius 3 is 2.68 bits per heavy atom. The summed E-state index contributed by atoms with van der Waals surface area (Å²) in [5.74, 6) is 0.872. The summed E-state index contributed by atoms with van der Waals surface area (Å²) in [4.78, 5) is 9.15. The van der Waals surface area contributed by atoms with Crippen molar-refractivity contribution >= 4 is 29.1 Å². The average molecular weight is 341 g/mol. The van der Waals surface area contributed by atoms with Crippen molar-refractivity contribution < 1.29 is 9.13 Å². The molecule has 4 nitrogen and oxygen atoms in total. The molecule has 5 heteroatoms. The van der Waals surface area contributed by atoms with Crippen LogP contribution >= 0.6 is 0 Å². The van der Waals surface area contributed by atoms with Gasteiger partial charge in [0.25, 0.3) is 0 Å². The first-order valence-corrected chi connectivity index (χ1v) is 8.24. The summed E-state index contributed by atoms with van der Waals surface area (Å²) in [5.41, 5.74) is 4.38. The van der Waals surface area contributed by atoms with E-state index in [1.165, 1.54) is 12.1 Å². The summed E-state index contributed by atoms with van der Waals surface area (Å²) in [5, 5.41) is 3.11. The normalized spacial score (nSPS) is 11.8. The number of hydrogen-bond acceptors (Lipinski definition) is 3. The van der Waals surface area contributed by atoms with Gasteiger partial charge in [-0.25, -0.2) is 9.38 Å². The van der Waals surface area contributed by atoms with Crippen LogP contribution in [0.25, 0.3) is 0 Å². The Morgan fingerprint density at radius 2 is 2.00 bits per heavy atom. The standard InChI is InChI=1S/C20H24FN3O/c1-6-11-22-17-9-7-13(2)20(14(17)3)24-15(4)23-18-12-16(21)8-10-19(18)25-5/h7-12H,6H2,1-5H3,(H,23,24). The number of amidine groups is 1. The van der Waals surface area contributed by atoms with E-state index in [1.807, 2.05) is 46.0 Å². The highest BCUT2D eigenvalue weighted by molar-refractivity contribution is 5.97. The van der Waals surface area contributed by atoms with Crippen LogP contribution in [0.1, 0.15) is 31.4 Å². The first-order chi connectivity index (χ1) is 12.0. The molecule has 2 aromatic carbocycles. The molecule has 0 amide bonds. The molecule has 0 radical (unpaired) electrons. The van der Waals surface area contributed by atoms with Crippen LogP contribution < -0.4 is 10.1 Å². The van der Waals surface area contributed by atoms with Crippen molar-refractivity contribution in [1.29, 1.82) is 0 Å². The lowest BCUT2D eigenvalue weighted by Gasteiger charge is -2.13. The van der Waals surface area contributed by atoms with Crippen LogP contribution in [-0.2, 0) is 0 Å². The lowest BCUT2D eigenvalue weighted by atomic mass is 10.1. The molecule has 0 aliphatic rings. The van der Waals surface area contributed by atoms with Crippen molar-refractivity contribution in [1.82, 2.24) is 0 Å². The zero-order valence-corrected chi connectivity index (χ0v) is 15.4. The Kier molecular flexibility index (Phi) is 6.28. The van der Waals surface area contributed by atoms with Crippen molar-refractivity contribution in [3.8, 4) is 5.75 Å². The molecule has 2 rings (SSSR count). The second kappa shape index (κ2) is 8.42. The SMILES string of the molecule is CCC=Nc1ccc(C)c(N=C(C)Nc2cc(F)ccc2OC)c1C. The van der Waals surface area contributed by atoms with Gasteiger partial charge in [-0.1, -0.05) is 13.0 Å². The Hall–Kier alpha value is -2.69. The van der Waals surface area contributed by atoms with Gasteiger partial charge in [-0.05, 0) is 51.0 Å². The van der Waals surface area contributed by atoms with Gasteiger partial charge in [0.05, 0.1) is 24.2 Å². The van der Waals surface area contributed by atoms with Gasteiger partial charge in [-0.3, -0.25) is 4.99 Å². The molecule has 0 saturated carbocycles. The molecule has 0 aliphatic heterocycles. The Balaban J connectivity index is 2.37. The molecule has 0 aromatic heterocycles. The zero-order valence-electron chi connectivity index (χ0n) is 15.4. The van der Waals surface area contributed by atoms with E-state index in [9.17, 15) is 4.39 Å². The number of benzene rings is 2. The molecular weight excluding hydrogens is 317 g/mol. The second-order valence-corrected chi connectivity index (χ2v) is 5.76. The van der Waals surface area contributed by atoms with Gasteiger partial charge in [0, 0.05) is 17.8 Å². The van der Waals surface area contributed by atoms with Crippen LogP contribution in [0.5, 0.6) is 5.75 Å². The third kappa shape index (κ3) is 4.66. The molecule has 0 spiro atoms. The van der Waals surface area contributed by atoms with Crippen molar-refractivity contribution in [2.75, 3.05) is 12.4 Å². The van der Waals surface area contributed by atoms with Crippen molar-refractivity contribution in [2.45, 2.75) is 34.1 Å². The minimum absolute atomic E-state index is 0.334. The molecule has 0 heterocycles. The molecule has 0 aliphatic carbocycles. The lowest BCUT2D eigenvalue weighted by molar-refractivity contribution is 0.416. The number of nitrogens with zero attached hydrogens (tertiary/aromatic N) is 2. The monoisotopic (exact) mass is 341 g/mol. The summed E-state index contributed by atoms with van der Waals surface area (Å²) < 4.78 is 18.8. The Bertz CT molecular complexity index is 813. The van der Waals surface area contributed by atoms with Gasteiger partial charge in [0.15, 0.2) is 0 Å². The molecule has 132 valence electrons. The van der Waals surface area contributed by atoms with Gasteiger partial charge in [0.2, 0.25) is 0 Å². The van der Waals surface area contributed by atoms with Gasteiger partial charge in [-0.15, -0.1) is 0 Å². The molecule has 0 saturated heterocycles. The number of nitrogens with one attached hydrogen (secondary N) is 1. The maximum atomic E-state index is 13.5. The number of rotatable bonds is 5. The van der Waals surface area contributed by atoms with E-state index in [0.717, 1.165) is 28.9 Å². The van der Waals surface area contributed by atoms with E-state index in [0.29, 0.717) is 17.3 Å². The van der Waals surface area contributed by atoms with Gasteiger partial charge >= 0.3 is 0 Å². The second-order valence-electron chi connectivity index (χ2n) is 5.76. The number of anilines is 1. The number of aryl methyl sites for hydroxylation is 1. The topological polar surface area (TPSA) is 46.0 Å². The molecule has 1 N–H and O–H groups in total. The lowest BCUT2D eigenvalue weighted by Crippen LogP contribution is -2.08. The maximum Gasteiger partial charge on any atom is 0.142 e. The number of methoxy groups -OCH3 is 1. The molecule has 0 bridgehead atoms. The van der Waals surface area contributed by atoms with Gasteiger partial charge in [-0.2, -0.15) is 0 Å². The van der Waals surface area contributed by atoms with Crippen LogP contribution in [0.3, 0.4) is 0 Å². The molecule has 25 heavy (non-hydrogen) atoms. The minimum Gasteiger partial charge on any atom is -0.495 e. The van der Waals surface area contributed by atoms with E-state index in [2.05, 4.69) is 15.3 Å². The van der Waals surface area contributed by atoms with Crippen LogP contribution in [0.15, 0.2) is 40.3 Å². The van der Waals surface area contributed by atoms with E-state index in [-0.39, 0.29) is 5.82 Å². The van der Waals surface area contributed by atoms with E-state index < -0.39 is 0 Å². The number of halogens is 1. The Morgan fingerprint density at radius 1 is 1.24 bits per heavy atom. The van der Waals surface area contributed by atoms with E-state index >= 15 is 0 Å². The summed E-state index contributed by atoms with van der Waals surface area (Å²) >= 11 is 0. The molecule has 2 aromatic rings. The number of ether oxygens (including phenoxy) is 1. The van der Waals surface area contributed by atoms with Crippen molar-refractivity contribution in [3.05, 3.63) is 47.3 Å². The molecule has 0 unspecified atom stereocenters. The van der Waals surface area contributed by atoms with Gasteiger partial charge in [0.1, 0.15) is 17.4 Å². The highest BCUT2D eigenvalue weighted by Crippen LogP contribution is 2.32. The molecular formula is C20H24FN3O. The number of aliphatic imine (C=N–C) groups is 2. The highest BCUT2D eigenvalue weighted by Gasteiger charge is 2.09. The average Bonchev–Trinajstić information content (AvgIpc) is 2.58. The van der Waals surface area contributed by atoms with Crippen molar-refractivity contribution in [3.63, 3.8) is 0 Å². The zero-order chi connectivity index (χ0) is 18.4. The summed E-state index contributed by atoms with van der Waals surface area (Å²) in [7, 11) is 1.55. The third-order valence-electron chi connectivity index (χ3n) is 3.77. The number of hydrogen-bond donors (Lipinski definition) is 1. The fourth-order valence-electron chi connectivity index (χ4n) is 2.49. The fraction of sp³-hybridized carbons (Fsp3) is 0.300. The first kappa shape index (κ1) is 18.6. The fourth-order valence-corrected chi connectivity index (χ4v) is 2.49. The van der Waals surface area contributed by atoms with Crippen LogP contribution in [0.4, 0.5) is 21.5 Å². The highest BCUT2D eigenvalue weighted by atomic mass is 19.1. The van der Waals surface area contributed by atoms with Crippen LogP contribution in [0.2, 0.25) is 0 Å². The maximum absolute atomic E-state index is 13.5. The van der Waals surface area contributed by atoms with Crippen molar-refractivity contribution in [2.24, 2.45) is 9.98 Å². The summed E-state index contributed by atoms with van der Waals surface area (Å²) in [6.07, 6.45) is 2.76. The quantitative estimate of drug-likeness (QED) is 0.558. The van der Waals surface area contributed by atoms with Gasteiger partial charge < -0.3 is 10.1 Å². The predicted octanol–water partition coefficient (Wildman–Crippen LogP) is 5.73. The van der Waals surface area contributed by atoms with E-state index in [1.54, 1.807) is 13.2 Å². The summed E-state index contributed by atoms with van der Waals surface area (Å²) in [6, 6.07) is 8.33. The van der Waals surface area contributed by atoms with Crippen LogP contribution in [-0.4, -0.2) is 19.2 Å². The Labute approximate surface area is 148 Å². The van der Waals surface area contributed by atoms with Crippen LogP contribution in [0, 0.1) is 19.7 Å².